The van der Waals surface area contributed by atoms with E-state index in [0.29, 0.717) is 0 Å². The summed E-state index contributed by atoms with van der Waals surface area (Å²) in [6, 6.07) is 80.5. The van der Waals surface area contributed by atoms with Crippen LogP contribution in [0.3, 0.4) is 0 Å². The van der Waals surface area contributed by atoms with Crippen molar-refractivity contribution in [1.82, 2.24) is 0 Å². The summed E-state index contributed by atoms with van der Waals surface area (Å²) >= 11 is 0. The molecule has 0 amide bonds. The van der Waals surface area contributed by atoms with Gasteiger partial charge in [-0.3, -0.25) is 0 Å². The highest BCUT2D eigenvalue weighted by molar-refractivity contribution is 6.41. The van der Waals surface area contributed by atoms with Crippen molar-refractivity contribution in [3.05, 3.63) is 242 Å². The van der Waals surface area contributed by atoms with Crippen molar-refractivity contribution in [3.63, 3.8) is 0 Å². The van der Waals surface area contributed by atoms with E-state index in [9.17, 15) is 8.78 Å². The van der Waals surface area contributed by atoms with E-state index in [1.807, 2.05) is 24.3 Å². The second-order valence-electron chi connectivity index (χ2n) is 18.8. The lowest BCUT2D eigenvalue weighted by Gasteiger charge is -2.18. The summed E-state index contributed by atoms with van der Waals surface area (Å²) in [6.45, 7) is 0. The summed E-state index contributed by atoms with van der Waals surface area (Å²) < 4.78 is 28.6. The summed E-state index contributed by atoms with van der Waals surface area (Å²) in [5.74, 6) is -0.488. The van der Waals surface area contributed by atoms with Gasteiger partial charge >= 0.3 is 0 Å². The maximum Gasteiger partial charge on any atom is 0.123 e. The first kappa shape index (κ1) is 39.1. The highest BCUT2D eigenvalue weighted by Gasteiger charge is 2.33. The van der Waals surface area contributed by atoms with E-state index < -0.39 is 0 Å². The Bertz CT molecular complexity index is 4020. The second kappa shape index (κ2) is 14.8. The molecule has 0 atom stereocenters. The monoisotopic (exact) mass is 892 g/mol. The van der Waals surface area contributed by atoms with Gasteiger partial charge in [0.15, 0.2) is 0 Å². The lowest BCUT2D eigenvalue weighted by Crippen LogP contribution is -1.92. The van der Waals surface area contributed by atoms with Gasteiger partial charge in [-0.15, -0.1) is 0 Å². The molecule has 0 saturated heterocycles. The fourth-order valence-corrected chi connectivity index (χ4v) is 12.4. The normalized spacial score (nSPS) is 12.1. The van der Waals surface area contributed by atoms with Gasteiger partial charge in [-0.2, -0.15) is 0 Å². The minimum Gasteiger partial charge on any atom is -0.207 e. The zero-order valence-electron chi connectivity index (χ0n) is 37.7. The molecule has 2 aliphatic carbocycles. The first-order valence-corrected chi connectivity index (χ1v) is 24.0. The molecule has 0 nitrogen and oxygen atoms in total. The molecule has 0 aliphatic heterocycles. The first-order valence-electron chi connectivity index (χ1n) is 24.0. The van der Waals surface area contributed by atoms with Gasteiger partial charge in [-0.1, -0.05) is 206 Å². The number of fused-ring (bicyclic) bond motifs is 8. The summed E-state index contributed by atoms with van der Waals surface area (Å²) in [5, 5.41) is 10.1. The second-order valence-corrected chi connectivity index (χ2v) is 18.8. The molecule has 0 unspecified atom stereocenters. The predicted octanol–water partition coefficient (Wildman–Crippen LogP) is 19.3. The molecule has 70 heavy (non-hydrogen) atoms. The van der Waals surface area contributed by atoms with Crippen molar-refractivity contribution in [3.8, 4) is 111 Å². The van der Waals surface area contributed by atoms with Crippen LogP contribution in [0.25, 0.3) is 154 Å². The molecule has 0 heterocycles. The van der Waals surface area contributed by atoms with E-state index in [2.05, 4.69) is 182 Å². The van der Waals surface area contributed by atoms with Crippen molar-refractivity contribution < 1.29 is 8.78 Å². The minimum atomic E-state index is -0.244. The Morgan fingerprint density at radius 2 is 0.443 bits per heavy atom. The highest BCUT2D eigenvalue weighted by Crippen LogP contribution is 2.61. The summed E-state index contributed by atoms with van der Waals surface area (Å²) in [7, 11) is 0. The molecule has 0 spiro atoms. The Balaban J connectivity index is 1.00. The molecule has 0 saturated carbocycles. The zero-order chi connectivity index (χ0) is 46.2. The molecule has 0 fully saturated rings. The van der Waals surface area contributed by atoms with Gasteiger partial charge in [0, 0.05) is 0 Å². The summed E-state index contributed by atoms with van der Waals surface area (Å²) in [6.07, 6.45) is 0. The molecule has 0 aromatic heterocycles. The fraction of sp³-hybridized carbons (Fsp3) is 0. The van der Waals surface area contributed by atoms with Crippen LogP contribution in [-0.2, 0) is 0 Å². The SMILES string of the molecule is Fc1ccc(-c2ccccc2-c2ccc(-c3ccccc3)c3c2-c2ccc4c5ccc6c7c(ccc(c8ccc-3c2c84)c75)-c2c(-c3ccccc3-c3ccc(F)cc3)ccc(-c3ccccc3)c2-6)cc1. The van der Waals surface area contributed by atoms with Crippen molar-refractivity contribution in [2.75, 3.05) is 0 Å². The van der Waals surface area contributed by atoms with Crippen LogP contribution in [0, 0.1) is 11.6 Å². The van der Waals surface area contributed by atoms with Crippen molar-refractivity contribution in [1.29, 1.82) is 0 Å². The Kier molecular flexibility index (Phi) is 8.24. The maximum absolute atomic E-state index is 14.3. The minimum absolute atomic E-state index is 0.244. The summed E-state index contributed by atoms with van der Waals surface area (Å²) in [4.78, 5) is 0. The van der Waals surface area contributed by atoms with E-state index in [-0.39, 0.29) is 11.6 Å². The van der Waals surface area contributed by atoms with Crippen LogP contribution >= 0.6 is 0 Å². The van der Waals surface area contributed by atoms with Crippen LogP contribution in [0.2, 0.25) is 0 Å². The third-order valence-electron chi connectivity index (χ3n) is 15.3. The van der Waals surface area contributed by atoms with Gasteiger partial charge in [0.1, 0.15) is 11.6 Å². The van der Waals surface area contributed by atoms with E-state index >= 15 is 0 Å². The average molecular weight is 893 g/mol. The molecule has 0 bridgehead atoms. The van der Waals surface area contributed by atoms with Gasteiger partial charge < -0.3 is 0 Å². The molecule has 13 aromatic rings. The molecular weight excluding hydrogens is 855 g/mol. The topological polar surface area (TPSA) is 0 Å². The average Bonchev–Trinajstić information content (AvgIpc) is 3.95. The predicted molar refractivity (Wildman–Crippen MR) is 289 cm³/mol. The van der Waals surface area contributed by atoms with Crippen molar-refractivity contribution in [2.45, 2.75) is 0 Å². The molecule has 2 heteroatoms. The number of hydrogen-bond donors (Lipinski definition) is 0. The number of rotatable bonds is 6. The third-order valence-corrected chi connectivity index (χ3v) is 15.3. The highest BCUT2D eigenvalue weighted by atomic mass is 19.1. The fourth-order valence-electron chi connectivity index (χ4n) is 12.4. The van der Waals surface area contributed by atoms with E-state index in [0.717, 1.165) is 44.5 Å². The molecule has 324 valence electrons. The zero-order valence-corrected chi connectivity index (χ0v) is 37.7. The quantitative estimate of drug-likeness (QED) is 0.115. The van der Waals surface area contributed by atoms with Gasteiger partial charge in [-0.05, 0) is 179 Å². The van der Waals surface area contributed by atoms with Gasteiger partial charge in [-0.25, -0.2) is 8.78 Å². The van der Waals surface area contributed by atoms with Crippen LogP contribution in [-0.4, -0.2) is 0 Å². The summed E-state index contributed by atoms with van der Waals surface area (Å²) in [5.41, 5.74) is 23.3. The van der Waals surface area contributed by atoms with Crippen LogP contribution in [0.15, 0.2) is 231 Å². The Labute approximate surface area is 403 Å². The first-order chi connectivity index (χ1) is 34.6. The Morgan fingerprint density at radius 3 is 0.800 bits per heavy atom. The van der Waals surface area contributed by atoms with E-state index in [1.165, 1.54) is 110 Å². The molecule has 0 N–H and O–H groups in total. The lowest BCUT2D eigenvalue weighted by atomic mass is 9.85. The molecule has 0 radical (unpaired) electrons. The standard InChI is InChI=1S/C68H38F2/c69-43-23-19-41(20-24-43)45-15-7-9-17-49(45)51-29-27-47(39-11-3-1-4-12-39)61-57-35-31-53-56-34-38-60-66-52(50-18-10-8-16-46(50)42-21-25-44(70)26-22-42)30-28-48(40-13-5-2-6-14-40)62(66)58-36-32-54(64(56)68(58)60)55-33-37-59(65(51)61)67(57)63(53)55/h1-38H. The molecule has 15 rings (SSSR count). The van der Waals surface area contributed by atoms with Gasteiger partial charge in [0.25, 0.3) is 0 Å². The maximum atomic E-state index is 14.3. The van der Waals surface area contributed by atoms with Crippen LogP contribution in [0.1, 0.15) is 0 Å². The number of halogens is 2. The number of benzene rings is 13. The molecule has 13 aromatic carbocycles. The molecule has 2 aliphatic rings. The van der Waals surface area contributed by atoms with Crippen molar-refractivity contribution >= 4 is 43.1 Å². The Hall–Kier alpha value is -8.98. The van der Waals surface area contributed by atoms with Crippen LogP contribution in [0.4, 0.5) is 8.78 Å². The lowest BCUT2D eigenvalue weighted by molar-refractivity contribution is 0.627. The largest absolute Gasteiger partial charge is 0.207 e. The Morgan fingerprint density at radius 1 is 0.171 bits per heavy atom. The third kappa shape index (κ3) is 5.44. The van der Waals surface area contributed by atoms with E-state index in [4.69, 9.17) is 0 Å². The van der Waals surface area contributed by atoms with Crippen LogP contribution in [0.5, 0.6) is 0 Å². The van der Waals surface area contributed by atoms with Crippen molar-refractivity contribution in [2.24, 2.45) is 0 Å². The number of hydrogen-bond acceptors (Lipinski definition) is 0. The smallest absolute Gasteiger partial charge is 0.123 e. The van der Waals surface area contributed by atoms with Gasteiger partial charge in [0.2, 0.25) is 0 Å². The van der Waals surface area contributed by atoms with Gasteiger partial charge in [0.05, 0.1) is 0 Å². The molecular formula is C68H38F2. The van der Waals surface area contributed by atoms with E-state index in [1.54, 1.807) is 24.3 Å². The van der Waals surface area contributed by atoms with Crippen LogP contribution < -0.4 is 0 Å².